The van der Waals surface area contributed by atoms with E-state index in [1.807, 2.05) is 0 Å². The predicted molar refractivity (Wildman–Crippen MR) is 72.4 cm³/mol. The standard InChI is InChI=1S/C12H15ClN2O5/c13-6-5-11(17)14-10(7-16)12(18)8-1-3-9(4-2-8)15(19)20/h1-4,10,12,16,18H,5-7H2,(H,14,17). The van der Waals surface area contributed by atoms with Crippen LogP contribution >= 0.6 is 11.6 Å². The Kier molecular flexibility index (Phi) is 6.37. The molecule has 0 spiro atoms. The molecule has 1 aromatic carbocycles. The minimum atomic E-state index is -1.17. The third kappa shape index (κ3) is 4.44. The number of rotatable bonds is 7. The normalized spacial score (nSPS) is 13.6. The fourth-order valence-electron chi connectivity index (χ4n) is 1.61. The first kappa shape index (κ1) is 16.4. The summed E-state index contributed by atoms with van der Waals surface area (Å²) >= 11 is 5.42. The third-order valence-corrected chi connectivity index (χ3v) is 2.88. The van der Waals surface area contributed by atoms with E-state index in [0.717, 1.165) is 0 Å². The molecule has 2 atom stereocenters. The third-order valence-electron chi connectivity index (χ3n) is 2.69. The zero-order valence-electron chi connectivity index (χ0n) is 10.5. The van der Waals surface area contributed by atoms with Gasteiger partial charge in [0.05, 0.1) is 17.6 Å². The van der Waals surface area contributed by atoms with Crippen molar-refractivity contribution in [2.45, 2.75) is 18.6 Å². The highest BCUT2D eigenvalue weighted by Crippen LogP contribution is 2.20. The molecule has 0 aromatic heterocycles. The second-order valence-corrected chi connectivity index (χ2v) is 4.47. The van der Waals surface area contributed by atoms with Crippen molar-refractivity contribution in [1.82, 2.24) is 5.32 Å². The first-order chi connectivity index (χ1) is 9.49. The van der Waals surface area contributed by atoms with Crippen LogP contribution in [-0.4, -0.2) is 39.6 Å². The summed E-state index contributed by atoms with van der Waals surface area (Å²) in [5.74, 6) is -0.252. The van der Waals surface area contributed by atoms with E-state index in [2.05, 4.69) is 5.32 Å². The van der Waals surface area contributed by atoms with Crippen molar-refractivity contribution in [2.24, 2.45) is 0 Å². The van der Waals surface area contributed by atoms with Crippen LogP contribution < -0.4 is 5.32 Å². The highest BCUT2D eigenvalue weighted by Gasteiger charge is 2.22. The lowest BCUT2D eigenvalue weighted by molar-refractivity contribution is -0.384. The van der Waals surface area contributed by atoms with E-state index in [9.17, 15) is 25.1 Å². The summed E-state index contributed by atoms with van der Waals surface area (Å²) < 4.78 is 0. The Labute approximate surface area is 120 Å². The van der Waals surface area contributed by atoms with E-state index in [-0.39, 0.29) is 23.9 Å². The van der Waals surface area contributed by atoms with Gasteiger partial charge in [-0.1, -0.05) is 0 Å². The molecular formula is C12H15ClN2O5. The molecule has 2 unspecified atom stereocenters. The van der Waals surface area contributed by atoms with Gasteiger partial charge in [0.1, 0.15) is 6.10 Å². The molecule has 1 amide bonds. The maximum absolute atomic E-state index is 11.4. The average Bonchev–Trinajstić information content (AvgIpc) is 2.44. The van der Waals surface area contributed by atoms with Gasteiger partial charge >= 0.3 is 0 Å². The van der Waals surface area contributed by atoms with Crippen LogP contribution in [0.15, 0.2) is 24.3 Å². The number of aliphatic hydroxyl groups is 2. The largest absolute Gasteiger partial charge is 0.394 e. The van der Waals surface area contributed by atoms with Crippen molar-refractivity contribution >= 4 is 23.2 Å². The Balaban J connectivity index is 2.77. The van der Waals surface area contributed by atoms with E-state index in [0.29, 0.717) is 5.56 Å². The van der Waals surface area contributed by atoms with Crippen LogP contribution in [0.3, 0.4) is 0 Å². The molecule has 3 N–H and O–H groups in total. The fraction of sp³-hybridized carbons (Fsp3) is 0.417. The maximum atomic E-state index is 11.4. The Morgan fingerprint density at radius 3 is 2.45 bits per heavy atom. The monoisotopic (exact) mass is 302 g/mol. The molecule has 7 nitrogen and oxygen atoms in total. The highest BCUT2D eigenvalue weighted by molar-refractivity contribution is 6.18. The van der Waals surface area contributed by atoms with Crippen molar-refractivity contribution in [3.8, 4) is 0 Å². The summed E-state index contributed by atoms with van der Waals surface area (Å²) in [6, 6.07) is 4.34. The molecule has 110 valence electrons. The number of carbonyl (C=O) groups excluding carboxylic acids is 1. The van der Waals surface area contributed by atoms with Gasteiger partial charge in [0.15, 0.2) is 0 Å². The van der Waals surface area contributed by atoms with Crippen molar-refractivity contribution in [3.05, 3.63) is 39.9 Å². The van der Waals surface area contributed by atoms with Crippen LogP contribution in [0.5, 0.6) is 0 Å². The summed E-state index contributed by atoms with van der Waals surface area (Å²) in [5, 5.41) is 32.2. The van der Waals surface area contributed by atoms with E-state index >= 15 is 0 Å². The minimum absolute atomic E-state index is 0.0744. The van der Waals surface area contributed by atoms with E-state index < -0.39 is 23.7 Å². The van der Waals surface area contributed by atoms with Crippen LogP contribution in [0.4, 0.5) is 5.69 Å². The number of benzene rings is 1. The summed E-state index contributed by atoms with van der Waals surface area (Å²) in [7, 11) is 0. The topological polar surface area (TPSA) is 113 Å². The molecular weight excluding hydrogens is 288 g/mol. The number of amides is 1. The number of alkyl halides is 1. The molecule has 0 fully saturated rings. The van der Waals surface area contributed by atoms with E-state index in [4.69, 9.17) is 11.6 Å². The number of hydrogen-bond donors (Lipinski definition) is 3. The van der Waals surface area contributed by atoms with Crippen LogP contribution in [0.1, 0.15) is 18.1 Å². The molecule has 8 heteroatoms. The van der Waals surface area contributed by atoms with Crippen molar-refractivity contribution in [2.75, 3.05) is 12.5 Å². The number of aliphatic hydroxyl groups excluding tert-OH is 2. The Bertz CT molecular complexity index is 465. The second kappa shape index (κ2) is 7.78. The van der Waals surface area contributed by atoms with Gasteiger partial charge in [-0.3, -0.25) is 14.9 Å². The van der Waals surface area contributed by atoms with E-state index in [1.54, 1.807) is 0 Å². The smallest absolute Gasteiger partial charge is 0.269 e. The van der Waals surface area contributed by atoms with Crippen molar-refractivity contribution < 1.29 is 19.9 Å². The molecule has 1 aromatic rings. The number of carbonyl (C=O) groups is 1. The lowest BCUT2D eigenvalue weighted by atomic mass is 10.0. The Morgan fingerprint density at radius 1 is 1.40 bits per heavy atom. The maximum Gasteiger partial charge on any atom is 0.269 e. The molecule has 0 aliphatic rings. The van der Waals surface area contributed by atoms with Gasteiger partial charge in [-0.2, -0.15) is 0 Å². The predicted octanol–water partition coefficient (Wildman–Crippen LogP) is 0.734. The minimum Gasteiger partial charge on any atom is -0.394 e. The van der Waals surface area contributed by atoms with Crippen LogP contribution in [0.2, 0.25) is 0 Å². The van der Waals surface area contributed by atoms with Gasteiger partial charge in [-0.05, 0) is 17.7 Å². The SMILES string of the molecule is O=C(CCCl)NC(CO)C(O)c1ccc([N+](=O)[O-])cc1. The quantitative estimate of drug-likeness (QED) is 0.390. The second-order valence-electron chi connectivity index (χ2n) is 4.09. The molecule has 0 aliphatic heterocycles. The Morgan fingerprint density at radius 2 is 2.00 bits per heavy atom. The zero-order chi connectivity index (χ0) is 15.1. The van der Waals surface area contributed by atoms with Gasteiger partial charge in [0, 0.05) is 24.4 Å². The van der Waals surface area contributed by atoms with Gasteiger partial charge in [0.25, 0.3) is 5.69 Å². The molecule has 1 rings (SSSR count). The number of nitro groups is 1. The summed E-state index contributed by atoms with van der Waals surface area (Å²) in [6.07, 6.45) is -1.09. The van der Waals surface area contributed by atoms with Crippen molar-refractivity contribution in [1.29, 1.82) is 0 Å². The summed E-state index contributed by atoms with van der Waals surface area (Å²) in [6.45, 7) is -0.466. The van der Waals surface area contributed by atoms with E-state index in [1.165, 1.54) is 24.3 Å². The zero-order valence-corrected chi connectivity index (χ0v) is 11.3. The number of halogens is 1. The number of nitrogens with one attached hydrogen (secondary N) is 1. The lowest BCUT2D eigenvalue weighted by Gasteiger charge is -2.22. The molecule has 0 saturated heterocycles. The number of nitro benzene ring substituents is 1. The van der Waals surface area contributed by atoms with Crippen LogP contribution in [-0.2, 0) is 4.79 Å². The summed E-state index contributed by atoms with van der Waals surface area (Å²) in [5.41, 5.74) is 0.258. The first-order valence-electron chi connectivity index (χ1n) is 5.88. The fourth-order valence-corrected chi connectivity index (χ4v) is 1.79. The number of nitrogens with zero attached hydrogens (tertiary/aromatic N) is 1. The molecule has 0 heterocycles. The molecule has 0 bridgehead atoms. The van der Waals surface area contributed by atoms with Gasteiger partial charge in [-0.15, -0.1) is 11.6 Å². The lowest BCUT2D eigenvalue weighted by Crippen LogP contribution is -2.42. The average molecular weight is 303 g/mol. The highest BCUT2D eigenvalue weighted by atomic mass is 35.5. The molecule has 20 heavy (non-hydrogen) atoms. The molecule has 0 radical (unpaired) electrons. The number of non-ortho nitro benzene ring substituents is 1. The van der Waals surface area contributed by atoms with Gasteiger partial charge < -0.3 is 15.5 Å². The molecule has 0 saturated carbocycles. The Hall–Kier alpha value is -1.70. The number of hydrogen-bond acceptors (Lipinski definition) is 5. The summed E-state index contributed by atoms with van der Waals surface area (Å²) in [4.78, 5) is 21.4. The van der Waals surface area contributed by atoms with Crippen LogP contribution in [0, 0.1) is 10.1 Å². The van der Waals surface area contributed by atoms with Crippen LogP contribution in [0.25, 0.3) is 0 Å². The van der Waals surface area contributed by atoms with Gasteiger partial charge in [-0.25, -0.2) is 0 Å². The van der Waals surface area contributed by atoms with Crippen molar-refractivity contribution in [3.63, 3.8) is 0 Å². The molecule has 0 aliphatic carbocycles. The first-order valence-corrected chi connectivity index (χ1v) is 6.41. The van der Waals surface area contributed by atoms with Gasteiger partial charge in [0.2, 0.25) is 5.91 Å².